The van der Waals surface area contributed by atoms with E-state index in [4.69, 9.17) is 0 Å². The highest BCUT2D eigenvalue weighted by Gasteiger charge is 2.14. The van der Waals surface area contributed by atoms with Crippen LogP contribution in [0.1, 0.15) is 15.9 Å². The quantitative estimate of drug-likeness (QED) is 0.500. The van der Waals surface area contributed by atoms with Crippen molar-refractivity contribution in [1.82, 2.24) is 9.78 Å². The molecule has 1 N–H and O–H groups in total. The highest BCUT2D eigenvalue weighted by atomic mass is 79.9. The minimum Gasteiger partial charge on any atom is -0.304 e. The molecule has 0 aliphatic heterocycles. The van der Waals surface area contributed by atoms with E-state index in [0.717, 1.165) is 0 Å². The number of anilines is 1. The van der Waals surface area contributed by atoms with Crippen LogP contribution >= 0.6 is 15.9 Å². The van der Waals surface area contributed by atoms with Crippen molar-refractivity contribution < 1.29 is 14.1 Å². The lowest BCUT2D eigenvalue weighted by Gasteiger charge is -2.04. The monoisotopic (exact) mass is 418 g/mol. The predicted octanol–water partition coefficient (Wildman–Crippen LogP) is 3.99. The fourth-order valence-electron chi connectivity index (χ4n) is 2.28. The summed E-state index contributed by atoms with van der Waals surface area (Å²) >= 11 is 3.30. The molecule has 0 saturated heterocycles. The number of nitro groups is 1. The first-order chi connectivity index (χ1) is 12.4. The van der Waals surface area contributed by atoms with E-state index in [-0.39, 0.29) is 29.4 Å². The van der Waals surface area contributed by atoms with Gasteiger partial charge in [0.05, 0.1) is 15.9 Å². The molecule has 2 aromatic carbocycles. The van der Waals surface area contributed by atoms with Crippen LogP contribution in [0.5, 0.6) is 0 Å². The third-order valence-electron chi connectivity index (χ3n) is 3.58. The van der Waals surface area contributed by atoms with Crippen LogP contribution in [0.25, 0.3) is 0 Å². The van der Waals surface area contributed by atoms with Gasteiger partial charge in [0.25, 0.3) is 11.6 Å². The summed E-state index contributed by atoms with van der Waals surface area (Å²) in [6.45, 7) is 0.207. The van der Waals surface area contributed by atoms with Gasteiger partial charge in [-0.25, -0.2) is 4.39 Å². The summed E-state index contributed by atoms with van der Waals surface area (Å²) in [5.41, 5.74) is 0.624. The molecule has 1 heterocycles. The molecule has 0 saturated carbocycles. The molecule has 0 spiro atoms. The van der Waals surface area contributed by atoms with E-state index in [1.165, 1.54) is 35.0 Å². The molecule has 0 unspecified atom stereocenters. The third-order valence-corrected chi connectivity index (χ3v) is 4.16. The molecule has 3 rings (SSSR count). The topological polar surface area (TPSA) is 90.1 Å². The zero-order chi connectivity index (χ0) is 18.7. The molecule has 0 aliphatic rings. The molecule has 0 bridgehead atoms. The van der Waals surface area contributed by atoms with Gasteiger partial charge in [0.2, 0.25) is 0 Å². The van der Waals surface area contributed by atoms with E-state index >= 15 is 0 Å². The van der Waals surface area contributed by atoms with Crippen LogP contribution in [0.3, 0.4) is 0 Å². The summed E-state index contributed by atoms with van der Waals surface area (Å²) < 4.78 is 15.8. The number of aromatic nitrogens is 2. The van der Waals surface area contributed by atoms with Gasteiger partial charge in [-0.3, -0.25) is 19.6 Å². The van der Waals surface area contributed by atoms with Gasteiger partial charge in [0.15, 0.2) is 5.82 Å². The Kier molecular flexibility index (Phi) is 5.08. The van der Waals surface area contributed by atoms with Gasteiger partial charge in [-0.1, -0.05) is 18.2 Å². The van der Waals surface area contributed by atoms with Crippen molar-refractivity contribution in [3.63, 3.8) is 0 Å². The molecule has 0 aliphatic carbocycles. The van der Waals surface area contributed by atoms with E-state index in [0.29, 0.717) is 10.0 Å². The number of halogens is 2. The van der Waals surface area contributed by atoms with Crippen LogP contribution in [0.2, 0.25) is 0 Å². The van der Waals surface area contributed by atoms with E-state index in [1.54, 1.807) is 24.4 Å². The Balaban J connectivity index is 1.74. The predicted molar refractivity (Wildman–Crippen MR) is 96.5 cm³/mol. The molecule has 0 atom stereocenters. The Morgan fingerprint density at radius 1 is 1.23 bits per heavy atom. The first-order valence-corrected chi connectivity index (χ1v) is 8.25. The normalized spacial score (nSPS) is 10.5. The first-order valence-electron chi connectivity index (χ1n) is 7.46. The maximum absolute atomic E-state index is 13.7. The summed E-state index contributed by atoms with van der Waals surface area (Å²) in [7, 11) is 0. The maximum atomic E-state index is 13.7. The largest absolute Gasteiger partial charge is 0.304 e. The highest BCUT2D eigenvalue weighted by Crippen LogP contribution is 2.22. The fourth-order valence-corrected chi connectivity index (χ4v) is 2.69. The van der Waals surface area contributed by atoms with Crippen molar-refractivity contribution in [2.75, 3.05) is 5.32 Å². The Bertz CT molecular complexity index is 972. The SMILES string of the molecule is O=C(Nc1nn(Cc2ccccc2F)cc1Br)c1ccc([N+](=O)[O-])cc1. The van der Waals surface area contributed by atoms with Crippen molar-refractivity contribution >= 4 is 33.3 Å². The van der Waals surface area contributed by atoms with Crippen molar-refractivity contribution in [3.8, 4) is 0 Å². The van der Waals surface area contributed by atoms with Gasteiger partial charge in [-0.15, -0.1) is 0 Å². The minimum absolute atomic E-state index is 0.100. The van der Waals surface area contributed by atoms with Crippen LogP contribution in [0, 0.1) is 15.9 Å². The van der Waals surface area contributed by atoms with E-state index in [9.17, 15) is 19.3 Å². The maximum Gasteiger partial charge on any atom is 0.269 e. The molecule has 7 nitrogen and oxygen atoms in total. The lowest BCUT2D eigenvalue weighted by atomic mass is 10.2. The number of amides is 1. The average Bonchev–Trinajstić information content (AvgIpc) is 2.96. The summed E-state index contributed by atoms with van der Waals surface area (Å²) in [6, 6.07) is 11.6. The molecule has 3 aromatic rings. The number of hydrogen-bond acceptors (Lipinski definition) is 4. The van der Waals surface area contributed by atoms with E-state index in [2.05, 4.69) is 26.3 Å². The van der Waals surface area contributed by atoms with Crippen molar-refractivity contribution in [2.45, 2.75) is 6.54 Å². The molecular formula is C17H12BrFN4O3. The number of carbonyl (C=O) groups excluding carboxylic acids is 1. The highest BCUT2D eigenvalue weighted by molar-refractivity contribution is 9.10. The second-order valence-electron chi connectivity index (χ2n) is 5.37. The summed E-state index contributed by atoms with van der Waals surface area (Å²) in [5, 5.41) is 17.5. The molecule has 26 heavy (non-hydrogen) atoms. The zero-order valence-corrected chi connectivity index (χ0v) is 14.8. The summed E-state index contributed by atoms with van der Waals surface area (Å²) in [6.07, 6.45) is 1.62. The van der Waals surface area contributed by atoms with Gasteiger partial charge in [-0.2, -0.15) is 5.10 Å². The minimum atomic E-state index is -0.539. The number of rotatable bonds is 5. The first kappa shape index (κ1) is 17.7. The van der Waals surface area contributed by atoms with E-state index < -0.39 is 10.8 Å². The molecule has 0 radical (unpaired) electrons. The average molecular weight is 419 g/mol. The number of benzene rings is 2. The second kappa shape index (κ2) is 7.44. The molecule has 0 fully saturated rings. The van der Waals surface area contributed by atoms with Crippen molar-refractivity contribution in [2.24, 2.45) is 0 Å². The van der Waals surface area contributed by atoms with Gasteiger partial charge in [0.1, 0.15) is 5.82 Å². The third kappa shape index (κ3) is 3.94. The van der Waals surface area contributed by atoms with Crippen LogP contribution in [-0.4, -0.2) is 20.6 Å². The van der Waals surface area contributed by atoms with Crippen LogP contribution < -0.4 is 5.32 Å². The van der Waals surface area contributed by atoms with Crippen LogP contribution in [-0.2, 0) is 6.54 Å². The molecule has 132 valence electrons. The van der Waals surface area contributed by atoms with Gasteiger partial charge < -0.3 is 5.32 Å². The van der Waals surface area contributed by atoms with Crippen molar-refractivity contribution in [3.05, 3.63) is 86.3 Å². The Hall–Kier alpha value is -3.07. The Morgan fingerprint density at radius 3 is 2.58 bits per heavy atom. The zero-order valence-electron chi connectivity index (χ0n) is 13.2. The van der Waals surface area contributed by atoms with Crippen LogP contribution in [0.4, 0.5) is 15.9 Å². The molecule has 1 aromatic heterocycles. The Labute approximate surface area is 155 Å². The number of nitrogens with one attached hydrogen (secondary N) is 1. The van der Waals surface area contributed by atoms with E-state index in [1.807, 2.05) is 0 Å². The number of non-ortho nitro benzene ring substituents is 1. The van der Waals surface area contributed by atoms with Gasteiger partial charge in [-0.05, 0) is 34.1 Å². The smallest absolute Gasteiger partial charge is 0.269 e. The van der Waals surface area contributed by atoms with Gasteiger partial charge in [0, 0.05) is 29.5 Å². The number of hydrogen-bond donors (Lipinski definition) is 1. The standard InChI is InChI=1S/C17H12BrFN4O3/c18-14-10-22(9-12-3-1-2-4-15(12)19)21-16(14)20-17(24)11-5-7-13(8-6-11)23(25)26/h1-8,10H,9H2,(H,20,21,24). The fraction of sp³-hybridized carbons (Fsp3) is 0.0588. The summed E-state index contributed by atoms with van der Waals surface area (Å²) in [4.78, 5) is 22.4. The molecule has 9 heteroatoms. The molecule has 1 amide bonds. The lowest BCUT2D eigenvalue weighted by molar-refractivity contribution is -0.384. The van der Waals surface area contributed by atoms with Crippen LogP contribution in [0.15, 0.2) is 59.2 Å². The number of nitro benzene ring substituents is 1. The number of carbonyl (C=O) groups is 1. The summed E-state index contributed by atoms with van der Waals surface area (Å²) in [5.74, 6) is -0.531. The second-order valence-corrected chi connectivity index (χ2v) is 6.23. The Morgan fingerprint density at radius 2 is 1.92 bits per heavy atom. The van der Waals surface area contributed by atoms with Crippen molar-refractivity contribution in [1.29, 1.82) is 0 Å². The molecular weight excluding hydrogens is 407 g/mol. The number of nitrogens with zero attached hydrogens (tertiary/aromatic N) is 3. The lowest BCUT2D eigenvalue weighted by Crippen LogP contribution is -2.13. The van der Waals surface area contributed by atoms with Gasteiger partial charge >= 0.3 is 0 Å².